The Kier molecular flexibility index (Phi) is 6.18. The summed E-state index contributed by atoms with van der Waals surface area (Å²) in [6.07, 6.45) is 1.77. The lowest BCUT2D eigenvalue weighted by molar-refractivity contribution is 0.0601. The summed E-state index contributed by atoms with van der Waals surface area (Å²) in [6.45, 7) is 3.78. The summed E-state index contributed by atoms with van der Waals surface area (Å²) in [5.41, 5.74) is 5.08. The summed E-state index contributed by atoms with van der Waals surface area (Å²) in [7, 11) is 1.30. The number of hydrogen-bond donors (Lipinski definition) is 1. The lowest BCUT2D eigenvalue weighted by atomic mass is 9.91. The van der Waals surface area contributed by atoms with Crippen LogP contribution in [0.15, 0.2) is 97.6 Å². The van der Waals surface area contributed by atoms with Gasteiger partial charge in [0, 0.05) is 11.1 Å². The number of carbonyl (C=O) groups is 2. The molecule has 0 aliphatic heterocycles. The SMILES string of the molecule is C=Cc1ccc(-c2ccccc2C(=O)c2ccc(-c3cccc(O)c3)c(C(=O)OC)c2)cc1. The van der Waals surface area contributed by atoms with Crippen molar-refractivity contribution in [3.8, 4) is 28.0 Å². The van der Waals surface area contributed by atoms with Gasteiger partial charge in [-0.3, -0.25) is 4.79 Å². The molecule has 0 aromatic heterocycles. The number of ketones is 1. The monoisotopic (exact) mass is 434 g/mol. The number of carbonyl (C=O) groups excluding carboxylic acids is 2. The van der Waals surface area contributed by atoms with Crippen LogP contribution in [0.5, 0.6) is 5.75 Å². The average Bonchev–Trinajstić information content (AvgIpc) is 2.87. The van der Waals surface area contributed by atoms with Crippen LogP contribution in [-0.2, 0) is 4.74 Å². The molecule has 0 unspecified atom stereocenters. The maximum Gasteiger partial charge on any atom is 0.338 e. The third kappa shape index (κ3) is 4.46. The normalized spacial score (nSPS) is 10.5. The highest BCUT2D eigenvalue weighted by molar-refractivity contribution is 6.14. The van der Waals surface area contributed by atoms with Crippen LogP contribution >= 0.6 is 0 Å². The van der Waals surface area contributed by atoms with Crippen LogP contribution < -0.4 is 0 Å². The molecule has 4 heteroatoms. The van der Waals surface area contributed by atoms with Gasteiger partial charge < -0.3 is 9.84 Å². The molecule has 0 aliphatic carbocycles. The molecule has 4 aromatic carbocycles. The predicted octanol–water partition coefficient (Wildman–Crippen LogP) is 6.39. The van der Waals surface area contributed by atoms with Crippen LogP contribution in [0.3, 0.4) is 0 Å². The van der Waals surface area contributed by atoms with Gasteiger partial charge in [0.2, 0.25) is 0 Å². The molecule has 4 aromatic rings. The quantitative estimate of drug-likeness (QED) is 0.282. The van der Waals surface area contributed by atoms with Gasteiger partial charge in [-0.05, 0) is 46.0 Å². The van der Waals surface area contributed by atoms with Crippen LogP contribution in [0.4, 0.5) is 0 Å². The summed E-state index contributed by atoms with van der Waals surface area (Å²) < 4.78 is 4.96. The Balaban J connectivity index is 1.79. The summed E-state index contributed by atoms with van der Waals surface area (Å²) in [5.74, 6) is -0.679. The van der Waals surface area contributed by atoms with Crippen LogP contribution in [0.25, 0.3) is 28.3 Å². The smallest absolute Gasteiger partial charge is 0.338 e. The minimum atomic E-state index is -0.559. The van der Waals surface area contributed by atoms with E-state index in [1.165, 1.54) is 7.11 Å². The van der Waals surface area contributed by atoms with E-state index in [1.54, 1.807) is 54.6 Å². The van der Waals surface area contributed by atoms with Gasteiger partial charge in [0.05, 0.1) is 12.7 Å². The van der Waals surface area contributed by atoms with Crippen molar-refractivity contribution >= 4 is 17.8 Å². The Morgan fingerprint density at radius 2 is 1.52 bits per heavy atom. The lowest BCUT2D eigenvalue weighted by Crippen LogP contribution is -2.09. The van der Waals surface area contributed by atoms with Gasteiger partial charge in [-0.25, -0.2) is 4.79 Å². The van der Waals surface area contributed by atoms with E-state index < -0.39 is 5.97 Å². The van der Waals surface area contributed by atoms with Crippen molar-refractivity contribution in [1.82, 2.24) is 0 Å². The zero-order valence-electron chi connectivity index (χ0n) is 18.1. The van der Waals surface area contributed by atoms with Crippen LogP contribution in [0, 0.1) is 0 Å². The lowest BCUT2D eigenvalue weighted by Gasteiger charge is -2.13. The number of phenolic OH excluding ortho intramolecular Hbond substituents is 1. The summed E-state index contributed by atoms with van der Waals surface area (Å²) in [5, 5.41) is 9.85. The first-order valence-corrected chi connectivity index (χ1v) is 10.4. The first-order chi connectivity index (χ1) is 16.0. The Hall–Kier alpha value is -4.44. The molecular weight excluding hydrogens is 412 g/mol. The second-order valence-corrected chi connectivity index (χ2v) is 7.50. The van der Waals surface area contributed by atoms with Crippen molar-refractivity contribution in [3.63, 3.8) is 0 Å². The fourth-order valence-electron chi connectivity index (χ4n) is 3.78. The molecule has 33 heavy (non-hydrogen) atoms. The molecule has 0 amide bonds. The van der Waals surface area contributed by atoms with Crippen molar-refractivity contribution in [1.29, 1.82) is 0 Å². The predicted molar refractivity (Wildman–Crippen MR) is 130 cm³/mol. The van der Waals surface area contributed by atoms with E-state index in [9.17, 15) is 14.7 Å². The second kappa shape index (κ2) is 9.37. The maximum atomic E-state index is 13.5. The highest BCUT2D eigenvalue weighted by Gasteiger charge is 2.20. The highest BCUT2D eigenvalue weighted by Crippen LogP contribution is 2.31. The van der Waals surface area contributed by atoms with Crippen molar-refractivity contribution in [2.24, 2.45) is 0 Å². The Morgan fingerprint density at radius 1 is 0.788 bits per heavy atom. The zero-order valence-corrected chi connectivity index (χ0v) is 18.1. The third-order valence-corrected chi connectivity index (χ3v) is 5.47. The van der Waals surface area contributed by atoms with Gasteiger partial charge in [-0.15, -0.1) is 0 Å². The molecule has 0 saturated carbocycles. The van der Waals surface area contributed by atoms with Gasteiger partial charge in [-0.2, -0.15) is 0 Å². The van der Waals surface area contributed by atoms with E-state index in [0.29, 0.717) is 22.3 Å². The molecule has 4 nitrogen and oxygen atoms in total. The molecular formula is C29H22O4. The molecule has 0 radical (unpaired) electrons. The fourth-order valence-corrected chi connectivity index (χ4v) is 3.78. The van der Waals surface area contributed by atoms with Crippen molar-refractivity contribution in [2.45, 2.75) is 0 Å². The van der Waals surface area contributed by atoms with E-state index in [0.717, 1.165) is 16.7 Å². The largest absolute Gasteiger partial charge is 0.508 e. The van der Waals surface area contributed by atoms with Crippen LogP contribution in [0.2, 0.25) is 0 Å². The highest BCUT2D eigenvalue weighted by atomic mass is 16.5. The molecule has 0 aliphatic rings. The van der Waals surface area contributed by atoms with Gasteiger partial charge in [0.15, 0.2) is 5.78 Å². The van der Waals surface area contributed by atoms with E-state index in [1.807, 2.05) is 42.5 Å². The third-order valence-electron chi connectivity index (χ3n) is 5.47. The molecule has 0 saturated heterocycles. The summed E-state index contributed by atoms with van der Waals surface area (Å²) in [4.78, 5) is 26.1. The first kappa shape index (κ1) is 21.8. The van der Waals surface area contributed by atoms with Crippen LogP contribution in [0.1, 0.15) is 31.8 Å². The first-order valence-electron chi connectivity index (χ1n) is 10.4. The number of methoxy groups -OCH3 is 1. The molecule has 0 atom stereocenters. The van der Waals surface area contributed by atoms with Gasteiger partial charge in [-0.1, -0.05) is 85.5 Å². The number of rotatable bonds is 6. The van der Waals surface area contributed by atoms with Crippen molar-refractivity contribution in [3.05, 3.63) is 120 Å². The topological polar surface area (TPSA) is 63.6 Å². The average molecular weight is 434 g/mol. The molecule has 4 rings (SSSR count). The summed E-state index contributed by atoms with van der Waals surface area (Å²) >= 11 is 0. The number of hydrogen-bond acceptors (Lipinski definition) is 4. The molecule has 0 fully saturated rings. The number of phenols is 1. The second-order valence-electron chi connectivity index (χ2n) is 7.50. The van der Waals surface area contributed by atoms with E-state index in [2.05, 4.69) is 6.58 Å². The minimum Gasteiger partial charge on any atom is -0.508 e. The van der Waals surface area contributed by atoms with Gasteiger partial charge in [0.25, 0.3) is 0 Å². The number of ether oxygens (including phenoxy) is 1. The number of aromatic hydroxyl groups is 1. The van der Waals surface area contributed by atoms with Gasteiger partial charge >= 0.3 is 5.97 Å². The van der Waals surface area contributed by atoms with Crippen molar-refractivity contribution < 1.29 is 19.4 Å². The zero-order chi connectivity index (χ0) is 23.4. The molecule has 1 N–H and O–H groups in total. The molecule has 0 bridgehead atoms. The Labute approximate surface area is 192 Å². The fraction of sp³-hybridized carbons (Fsp3) is 0.0345. The Bertz CT molecular complexity index is 1350. The summed E-state index contributed by atoms with van der Waals surface area (Å²) in [6, 6.07) is 26.7. The minimum absolute atomic E-state index is 0.0832. The maximum absolute atomic E-state index is 13.5. The molecule has 0 spiro atoms. The molecule has 0 heterocycles. The number of esters is 1. The molecule has 162 valence electrons. The Morgan fingerprint density at radius 3 is 2.21 bits per heavy atom. The standard InChI is InChI=1S/C29H22O4/c1-3-19-11-13-20(14-12-19)24-9-4-5-10-26(24)28(31)22-15-16-25(27(18-22)29(32)33-2)21-7-6-8-23(30)17-21/h3-18,30H,1H2,2H3. The van der Waals surface area contributed by atoms with E-state index >= 15 is 0 Å². The number of benzene rings is 4. The van der Waals surface area contributed by atoms with Gasteiger partial charge in [0.1, 0.15) is 5.75 Å². The van der Waals surface area contributed by atoms with E-state index in [4.69, 9.17) is 4.74 Å². The van der Waals surface area contributed by atoms with Crippen molar-refractivity contribution in [2.75, 3.05) is 7.11 Å². The van der Waals surface area contributed by atoms with Crippen LogP contribution in [-0.4, -0.2) is 24.0 Å². The van der Waals surface area contributed by atoms with E-state index in [-0.39, 0.29) is 17.1 Å².